The normalized spacial score (nSPS) is 12.2. The Morgan fingerprint density at radius 2 is 1.92 bits per heavy atom. The molecular formula is C27H31FN6O3. The van der Waals surface area contributed by atoms with Crippen molar-refractivity contribution in [1.29, 1.82) is 0 Å². The first-order valence-electron chi connectivity index (χ1n) is 12.4. The molecule has 4 aromatic rings. The highest BCUT2D eigenvalue weighted by molar-refractivity contribution is 5.79. The number of esters is 1. The van der Waals surface area contributed by atoms with Gasteiger partial charge in [-0.2, -0.15) is 0 Å². The Morgan fingerprint density at radius 1 is 1.14 bits per heavy atom. The van der Waals surface area contributed by atoms with Crippen molar-refractivity contribution in [3.8, 4) is 0 Å². The number of H-pyrrole nitrogens is 1. The van der Waals surface area contributed by atoms with Crippen molar-refractivity contribution in [2.24, 2.45) is 0 Å². The summed E-state index contributed by atoms with van der Waals surface area (Å²) in [5.74, 6) is -0.248. The maximum Gasteiger partial charge on any atom is 0.327 e. The van der Waals surface area contributed by atoms with Crippen molar-refractivity contribution < 1.29 is 13.9 Å². The maximum absolute atomic E-state index is 13.6. The van der Waals surface area contributed by atoms with Crippen LogP contribution in [0.2, 0.25) is 0 Å². The minimum atomic E-state index is -0.433. The van der Waals surface area contributed by atoms with E-state index in [0.717, 1.165) is 28.5 Å². The fourth-order valence-corrected chi connectivity index (χ4v) is 4.44. The highest BCUT2D eigenvalue weighted by atomic mass is 19.1. The summed E-state index contributed by atoms with van der Waals surface area (Å²) >= 11 is 0. The minimum absolute atomic E-state index is 0.114. The predicted molar refractivity (Wildman–Crippen MR) is 137 cm³/mol. The predicted octanol–water partition coefficient (Wildman–Crippen LogP) is 4.07. The Bertz CT molecular complexity index is 1420. The molecule has 37 heavy (non-hydrogen) atoms. The molecule has 1 N–H and O–H groups in total. The van der Waals surface area contributed by atoms with Crippen LogP contribution in [-0.4, -0.2) is 42.7 Å². The number of hydrogen-bond acceptors (Lipinski definition) is 7. The van der Waals surface area contributed by atoms with E-state index in [2.05, 4.69) is 25.4 Å². The Hall–Kier alpha value is -3.92. The average molecular weight is 507 g/mol. The molecule has 9 nitrogen and oxygen atoms in total. The Balaban J connectivity index is 1.73. The van der Waals surface area contributed by atoms with Gasteiger partial charge >= 0.3 is 5.97 Å². The molecule has 2 aromatic carbocycles. The molecule has 0 saturated heterocycles. The van der Waals surface area contributed by atoms with Gasteiger partial charge in [0.15, 0.2) is 5.82 Å². The van der Waals surface area contributed by atoms with Gasteiger partial charge < -0.3 is 9.72 Å². The lowest BCUT2D eigenvalue weighted by atomic mass is 10.0. The van der Waals surface area contributed by atoms with E-state index in [-0.39, 0.29) is 30.6 Å². The molecule has 0 aliphatic heterocycles. The number of nitrogens with zero attached hydrogens (tertiary/aromatic N) is 5. The van der Waals surface area contributed by atoms with E-state index in [9.17, 15) is 14.0 Å². The van der Waals surface area contributed by atoms with Crippen molar-refractivity contribution in [3.05, 3.63) is 87.2 Å². The fraction of sp³-hybridized carbons (Fsp3) is 0.370. The highest BCUT2D eigenvalue weighted by Crippen LogP contribution is 2.28. The van der Waals surface area contributed by atoms with Crippen LogP contribution < -0.4 is 5.56 Å². The second-order valence-electron chi connectivity index (χ2n) is 9.05. The van der Waals surface area contributed by atoms with Crippen molar-refractivity contribution in [2.75, 3.05) is 6.61 Å². The molecule has 0 spiro atoms. The van der Waals surface area contributed by atoms with Crippen LogP contribution in [0.4, 0.5) is 4.39 Å². The lowest BCUT2D eigenvalue weighted by Crippen LogP contribution is -2.33. The Labute approximate surface area is 214 Å². The lowest BCUT2D eigenvalue weighted by Gasteiger charge is -2.31. The van der Waals surface area contributed by atoms with Crippen molar-refractivity contribution >= 4 is 16.9 Å². The molecule has 2 heterocycles. The summed E-state index contributed by atoms with van der Waals surface area (Å²) in [6.45, 7) is 6.63. The number of pyridine rings is 1. The van der Waals surface area contributed by atoms with Crippen molar-refractivity contribution in [1.82, 2.24) is 30.1 Å². The van der Waals surface area contributed by atoms with Crippen LogP contribution in [0.5, 0.6) is 0 Å². The van der Waals surface area contributed by atoms with Crippen molar-refractivity contribution in [2.45, 2.75) is 59.3 Å². The highest BCUT2D eigenvalue weighted by Gasteiger charge is 2.27. The second kappa shape index (κ2) is 11.9. The summed E-state index contributed by atoms with van der Waals surface area (Å²) < 4.78 is 20.1. The maximum atomic E-state index is 13.6. The molecule has 194 valence electrons. The Kier molecular flexibility index (Phi) is 8.39. The van der Waals surface area contributed by atoms with Gasteiger partial charge in [-0.15, -0.1) is 5.10 Å². The fourth-order valence-electron chi connectivity index (χ4n) is 4.44. The van der Waals surface area contributed by atoms with Gasteiger partial charge in [0.25, 0.3) is 5.56 Å². The summed E-state index contributed by atoms with van der Waals surface area (Å²) in [5.41, 5.74) is 3.12. The first-order chi connectivity index (χ1) is 17.9. The average Bonchev–Trinajstić information content (AvgIpc) is 3.31. The van der Waals surface area contributed by atoms with Gasteiger partial charge in [-0.1, -0.05) is 37.6 Å². The third-order valence-electron chi connectivity index (χ3n) is 6.20. The van der Waals surface area contributed by atoms with Crippen LogP contribution in [-0.2, 0) is 29.2 Å². The molecule has 4 rings (SSSR count). The smallest absolute Gasteiger partial charge is 0.327 e. The number of ether oxygens (including phenoxy) is 1. The molecule has 10 heteroatoms. The molecule has 0 aliphatic carbocycles. The number of halogens is 1. The largest absolute Gasteiger partial charge is 0.465 e. The van der Waals surface area contributed by atoms with E-state index < -0.39 is 5.97 Å². The van der Waals surface area contributed by atoms with E-state index in [1.165, 1.54) is 16.8 Å². The molecule has 2 aromatic heterocycles. The summed E-state index contributed by atoms with van der Waals surface area (Å²) in [4.78, 5) is 30.4. The second-order valence-corrected chi connectivity index (χ2v) is 9.05. The van der Waals surface area contributed by atoms with Crippen molar-refractivity contribution in [3.63, 3.8) is 0 Å². The van der Waals surface area contributed by atoms with E-state index in [1.54, 1.807) is 19.1 Å². The molecule has 0 saturated carbocycles. The first kappa shape index (κ1) is 26.2. The van der Waals surface area contributed by atoms with E-state index >= 15 is 0 Å². The number of benzene rings is 2. The zero-order chi connectivity index (χ0) is 26.4. The van der Waals surface area contributed by atoms with Crippen LogP contribution in [0.1, 0.15) is 55.2 Å². The van der Waals surface area contributed by atoms with Gasteiger partial charge in [-0.25, -0.2) is 9.07 Å². The number of aromatic amines is 1. The number of nitrogens with one attached hydrogen (secondary N) is 1. The number of aryl methyl sites for hydroxylation is 1. The van der Waals surface area contributed by atoms with Crippen LogP contribution in [0.15, 0.2) is 53.3 Å². The van der Waals surface area contributed by atoms with Gasteiger partial charge in [0, 0.05) is 24.2 Å². The number of aromatic nitrogens is 5. The third-order valence-corrected chi connectivity index (χ3v) is 6.20. The Morgan fingerprint density at radius 3 is 2.65 bits per heavy atom. The van der Waals surface area contributed by atoms with E-state index in [4.69, 9.17) is 4.74 Å². The molecular weight excluding hydrogens is 475 g/mol. The van der Waals surface area contributed by atoms with Crippen LogP contribution in [0.3, 0.4) is 0 Å². The van der Waals surface area contributed by atoms with Gasteiger partial charge in [-0.3, -0.25) is 14.5 Å². The summed E-state index contributed by atoms with van der Waals surface area (Å²) in [6, 6.07) is 13.8. The zero-order valence-corrected chi connectivity index (χ0v) is 21.3. The van der Waals surface area contributed by atoms with E-state index in [1.807, 2.05) is 38.1 Å². The van der Waals surface area contributed by atoms with Crippen LogP contribution >= 0.6 is 0 Å². The van der Waals surface area contributed by atoms with Crippen LogP contribution in [0.25, 0.3) is 10.9 Å². The number of rotatable bonds is 11. The SMILES string of the molecule is CCC[C@H](c1nnnn1CC(=O)OCC)N(Cc1ccc(F)cc1)Cc1cc2ccc(C)cc2[nH]c1=O. The molecule has 0 bridgehead atoms. The van der Waals surface area contributed by atoms with E-state index in [0.29, 0.717) is 30.9 Å². The number of carbonyl (C=O) groups excluding carboxylic acids is 1. The number of fused-ring (bicyclic) bond motifs is 1. The van der Waals surface area contributed by atoms with Gasteiger partial charge in [0.1, 0.15) is 12.4 Å². The monoisotopic (exact) mass is 506 g/mol. The number of tetrazole rings is 1. The molecule has 0 fully saturated rings. The number of hydrogen-bond donors (Lipinski definition) is 1. The molecule has 0 radical (unpaired) electrons. The molecule has 0 unspecified atom stereocenters. The van der Waals surface area contributed by atoms with Crippen LogP contribution in [0, 0.1) is 12.7 Å². The number of carbonyl (C=O) groups is 1. The summed E-state index contributed by atoms with van der Waals surface area (Å²) in [6.07, 6.45) is 1.49. The topological polar surface area (TPSA) is 106 Å². The first-order valence-corrected chi connectivity index (χ1v) is 12.4. The van der Waals surface area contributed by atoms with Gasteiger partial charge in [0.05, 0.1) is 12.6 Å². The zero-order valence-electron chi connectivity index (χ0n) is 21.3. The lowest BCUT2D eigenvalue weighted by molar-refractivity contribution is -0.144. The summed E-state index contributed by atoms with van der Waals surface area (Å²) in [5, 5.41) is 13.0. The molecule has 0 aliphatic rings. The molecule has 1 atom stereocenters. The molecule has 0 amide bonds. The minimum Gasteiger partial charge on any atom is -0.465 e. The standard InChI is InChI=1S/C27H31FN6O3/c1-4-6-24(26-30-31-32-34(26)17-25(35)37-5-2)33(15-19-8-11-22(28)12-9-19)16-21-14-20-10-7-18(3)13-23(20)29-27(21)36/h7-14,24H,4-6,15-17H2,1-3H3,(H,29,36)/t24-/m1/s1. The van der Waals surface area contributed by atoms with Gasteiger partial charge in [0.2, 0.25) is 0 Å². The third kappa shape index (κ3) is 6.45. The summed E-state index contributed by atoms with van der Waals surface area (Å²) in [7, 11) is 0. The quantitative estimate of drug-likeness (QED) is 0.306. The van der Waals surface area contributed by atoms with Gasteiger partial charge in [-0.05, 0) is 71.5 Å².